The van der Waals surface area contributed by atoms with Crippen LogP contribution in [-0.2, 0) is 24.1 Å². The van der Waals surface area contributed by atoms with E-state index in [1.807, 2.05) is 66.2 Å². The van der Waals surface area contributed by atoms with E-state index in [-0.39, 0.29) is 6.54 Å². The van der Waals surface area contributed by atoms with E-state index in [4.69, 9.17) is 0 Å². The quantitative estimate of drug-likeness (QED) is 0.365. The third-order valence-corrected chi connectivity index (χ3v) is 5.59. The van der Waals surface area contributed by atoms with Crippen molar-refractivity contribution in [3.05, 3.63) is 107 Å². The van der Waals surface area contributed by atoms with Crippen molar-refractivity contribution >= 4 is 16.9 Å². The molecular weight excluding hydrogens is 429 g/mol. The Morgan fingerprint density at radius 2 is 1.73 bits per heavy atom. The number of rotatable bonds is 7. The highest BCUT2D eigenvalue weighted by atomic mass is 19.4. The van der Waals surface area contributed by atoms with Crippen LogP contribution in [0.15, 0.2) is 79.0 Å². The topological polar surface area (TPSA) is 54.3 Å². The summed E-state index contributed by atoms with van der Waals surface area (Å²) in [5.41, 5.74) is 3.13. The van der Waals surface area contributed by atoms with Gasteiger partial charge in [0, 0.05) is 35.8 Å². The summed E-state index contributed by atoms with van der Waals surface area (Å²) in [6.45, 7) is 2.49. The van der Waals surface area contributed by atoms with Gasteiger partial charge in [0.05, 0.1) is 5.56 Å². The fraction of sp³-hybridized carbons (Fsp3) is 0.192. The number of benzene rings is 3. The Kier molecular flexibility index (Phi) is 6.24. The molecule has 0 aliphatic rings. The van der Waals surface area contributed by atoms with Crippen LogP contribution in [0.1, 0.15) is 33.9 Å². The Morgan fingerprint density at radius 3 is 2.42 bits per heavy atom. The van der Waals surface area contributed by atoms with Crippen LogP contribution in [-0.4, -0.2) is 15.6 Å². The van der Waals surface area contributed by atoms with Crippen LogP contribution in [0.3, 0.4) is 0 Å². The monoisotopic (exact) mass is 452 g/mol. The number of alkyl halides is 3. The lowest BCUT2D eigenvalue weighted by Gasteiger charge is -2.15. The highest BCUT2D eigenvalue weighted by Crippen LogP contribution is 2.31. The van der Waals surface area contributed by atoms with Crippen LogP contribution in [0.2, 0.25) is 0 Å². The Bertz CT molecular complexity index is 1280. The first-order valence-electron chi connectivity index (χ1n) is 10.5. The zero-order chi connectivity index (χ0) is 23.6. The van der Waals surface area contributed by atoms with Gasteiger partial charge in [-0.15, -0.1) is 0 Å². The molecule has 1 atom stereocenters. The molecule has 33 heavy (non-hydrogen) atoms. The zero-order valence-electron chi connectivity index (χ0n) is 17.9. The number of carboxylic acids is 1. The number of carboxylic acid groups (broad SMARTS) is 1. The summed E-state index contributed by atoms with van der Waals surface area (Å²) in [5.74, 6) is -1.10. The van der Waals surface area contributed by atoms with Crippen LogP contribution >= 0.6 is 0 Å². The van der Waals surface area contributed by atoms with Crippen molar-refractivity contribution in [1.82, 2.24) is 9.88 Å². The number of hydrogen-bond donors (Lipinski definition) is 2. The van der Waals surface area contributed by atoms with E-state index in [1.165, 1.54) is 6.07 Å². The number of halogens is 3. The molecule has 0 spiro atoms. The van der Waals surface area contributed by atoms with Crippen molar-refractivity contribution in [1.29, 1.82) is 0 Å². The van der Waals surface area contributed by atoms with Gasteiger partial charge < -0.3 is 9.67 Å². The molecule has 3 aromatic carbocycles. The van der Waals surface area contributed by atoms with Crippen LogP contribution < -0.4 is 5.32 Å². The summed E-state index contributed by atoms with van der Waals surface area (Å²) in [6.07, 6.45) is -2.64. The molecule has 0 bridgehead atoms. The Morgan fingerprint density at radius 1 is 1.00 bits per heavy atom. The molecular formula is C26H23F3N2O2. The highest BCUT2D eigenvalue weighted by molar-refractivity contribution is 5.90. The third-order valence-electron chi connectivity index (χ3n) is 5.59. The molecule has 1 unspecified atom stereocenters. The molecule has 0 fully saturated rings. The van der Waals surface area contributed by atoms with Gasteiger partial charge in [-0.2, -0.15) is 13.2 Å². The first-order valence-corrected chi connectivity index (χ1v) is 10.5. The summed E-state index contributed by atoms with van der Waals surface area (Å²) in [6, 6.07) is 19.5. The zero-order valence-corrected chi connectivity index (χ0v) is 17.9. The lowest BCUT2D eigenvalue weighted by molar-refractivity contribution is -0.140. The van der Waals surface area contributed by atoms with Gasteiger partial charge in [-0.1, -0.05) is 60.2 Å². The third kappa shape index (κ3) is 5.09. The van der Waals surface area contributed by atoms with Gasteiger partial charge in [0.2, 0.25) is 0 Å². The molecule has 1 heterocycles. The molecule has 0 saturated carbocycles. The number of aryl methyl sites for hydroxylation is 1. The van der Waals surface area contributed by atoms with E-state index in [0.717, 1.165) is 34.2 Å². The number of aromatic nitrogens is 1. The summed E-state index contributed by atoms with van der Waals surface area (Å²) in [7, 11) is 0. The van der Waals surface area contributed by atoms with Crippen LogP contribution in [0.4, 0.5) is 13.2 Å². The summed E-state index contributed by atoms with van der Waals surface area (Å²) in [5, 5.41) is 13.7. The largest absolute Gasteiger partial charge is 0.480 e. The fourth-order valence-corrected chi connectivity index (χ4v) is 3.99. The molecule has 0 saturated heterocycles. The normalized spacial score (nSPS) is 12.7. The predicted molar refractivity (Wildman–Crippen MR) is 121 cm³/mol. The average molecular weight is 452 g/mol. The van der Waals surface area contributed by atoms with E-state index in [9.17, 15) is 23.1 Å². The number of fused-ring (bicyclic) bond motifs is 1. The number of nitrogens with zero attached hydrogens (tertiary/aromatic N) is 1. The van der Waals surface area contributed by atoms with Gasteiger partial charge in [0.25, 0.3) is 0 Å². The van der Waals surface area contributed by atoms with Gasteiger partial charge in [-0.25, -0.2) is 0 Å². The van der Waals surface area contributed by atoms with Crippen molar-refractivity contribution in [3.8, 4) is 0 Å². The maximum atomic E-state index is 13.0. The van der Waals surface area contributed by atoms with Crippen LogP contribution in [0.25, 0.3) is 10.9 Å². The maximum Gasteiger partial charge on any atom is 0.416 e. The minimum Gasteiger partial charge on any atom is -0.480 e. The van der Waals surface area contributed by atoms with Gasteiger partial charge in [0.15, 0.2) is 0 Å². The molecule has 0 aliphatic heterocycles. The number of aliphatic carboxylic acids is 1. The molecule has 7 heteroatoms. The summed E-state index contributed by atoms with van der Waals surface area (Å²) >= 11 is 0. The minimum absolute atomic E-state index is 0.0158. The van der Waals surface area contributed by atoms with Gasteiger partial charge in [-0.3, -0.25) is 10.1 Å². The van der Waals surface area contributed by atoms with E-state index < -0.39 is 23.8 Å². The van der Waals surface area contributed by atoms with Gasteiger partial charge in [0.1, 0.15) is 6.04 Å². The lowest BCUT2D eigenvalue weighted by Crippen LogP contribution is -2.28. The molecule has 4 rings (SSSR count). The number of nitrogens with one attached hydrogen (secondary N) is 1. The van der Waals surface area contributed by atoms with E-state index >= 15 is 0 Å². The van der Waals surface area contributed by atoms with E-state index in [0.29, 0.717) is 17.7 Å². The van der Waals surface area contributed by atoms with Gasteiger partial charge >= 0.3 is 12.1 Å². The molecule has 2 N–H and O–H groups in total. The Balaban J connectivity index is 1.67. The maximum absolute atomic E-state index is 13.0. The molecule has 0 amide bonds. The Hall–Kier alpha value is -3.58. The molecule has 0 aliphatic carbocycles. The molecule has 1 aromatic heterocycles. The molecule has 170 valence electrons. The second-order valence-electron chi connectivity index (χ2n) is 8.07. The minimum atomic E-state index is -4.45. The molecule has 4 aromatic rings. The molecule has 0 radical (unpaired) electrons. The predicted octanol–water partition coefficient (Wildman–Crippen LogP) is 5.93. The van der Waals surface area contributed by atoms with Crippen LogP contribution in [0.5, 0.6) is 0 Å². The van der Waals surface area contributed by atoms with Gasteiger partial charge in [-0.05, 0) is 36.2 Å². The average Bonchev–Trinajstić information content (AvgIpc) is 3.11. The van der Waals surface area contributed by atoms with Crippen LogP contribution in [0, 0.1) is 6.92 Å². The van der Waals surface area contributed by atoms with Crippen molar-refractivity contribution < 1.29 is 23.1 Å². The second kappa shape index (κ2) is 9.11. The Labute approximate surface area is 189 Å². The molecule has 4 nitrogen and oxygen atoms in total. The van der Waals surface area contributed by atoms with Crippen molar-refractivity contribution in [2.24, 2.45) is 0 Å². The highest BCUT2D eigenvalue weighted by Gasteiger charge is 2.30. The standard InChI is InChI=1S/C26H23F3N2O2/c1-17-10-11-23-21(12-17)22(16-31(23)15-18-6-3-2-4-7-18)24(25(32)33)30-14-19-8-5-9-20(13-19)26(27,28)29/h2-13,16,24,30H,14-15H2,1H3,(H,32,33). The number of hydrogen-bond acceptors (Lipinski definition) is 2. The van der Waals surface area contributed by atoms with Crippen molar-refractivity contribution in [2.45, 2.75) is 32.2 Å². The SMILES string of the molecule is Cc1ccc2c(c1)c(C(NCc1cccc(C(F)(F)F)c1)C(=O)O)cn2Cc1ccccc1. The number of carbonyl (C=O) groups is 1. The fourth-order valence-electron chi connectivity index (χ4n) is 3.99. The first kappa shape index (κ1) is 22.6. The second-order valence-corrected chi connectivity index (χ2v) is 8.07. The summed E-state index contributed by atoms with van der Waals surface area (Å²) in [4.78, 5) is 12.2. The lowest BCUT2D eigenvalue weighted by atomic mass is 10.0. The first-order chi connectivity index (χ1) is 15.7. The van der Waals surface area contributed by atoms with E-state index in [2.05, 4.69) is 5.32 Å². The van der Waals surface area contributed by atoms with E-state index in [1.54, 1.807) is 6.07 Å². The van der Waals surface area contributed by atoms with Crippen molar-refractivity contribution in [3.63, 3.8) is 0 Å². The smallest absolute Gasteiger partial charge is 0.416 e. The van der Waals surface area contributed by atoms with Crippen molar-refractivity contribution in [2.75, 3.05) is 0 Å². The summed E-state index contributed by atoms with van der Waals surface area (Å²) < 4.78 is 41.1.